The predicted octanol–water partition coefficient (Wildman–Crippen LogP) is 0.981. The Morgan fingerprint density at radius 3 is 2.38 bits per heavy atom. The molecule has 2 rings (SSSR count). The van der Waals surface area contributed by atoms with Gasteiger partial charge in [-0.1, -0.05) is 0 Å². The maximum absolute atomic E-state index is 12.4. The summed E-state index contributed by atoms with van der Waals surface area (Å²) < 4.78 is 27.2. The van der Waals surface area contributed by atoms with E-state index >= 15 is 0 Å². The molecule has 2 aromatic rings. The van der Waals surface area contributed by atoms with Gasteiger partial charge in [-0.05, 0) is 53.0 Å². The Labute approximate surface area is 141 Å². The molecule has 24 heavy (non-hydrogen) atoms. The van der Waals surface area contributed by atoms with Crippen LogP contribution in [0.2, 0.25) is 0 Å². The van der Waals surface area contributed by atoms with Gasteiger partial charge in [0.25, 0.3) is 10.0 Å². The van der Waals surface area contributed by atoms with Crippen LogP contribution < -0.4 is 10.0 Å². The van der Waals surface area contributed by atoms with Gasteiger partial charge in [-0.3, -0.25) is 9.82 Å². The third kappa shape index (κ3) is 4.65. The van der Waals surface area contributed by atoms with Crippen molar-refractivity contribution in [1.29, 1.82) is 0 Å². The highest BCUT2D eigenvalue weighted by atomic mass is 32.2. The summed E-state index contributed by atoms with van der Waals surface area (Å²) in [4.78, 5) is 2.24. The Kier molecular flexibility index (Phi) is 5.73. The molecule has 0 saturated heterocycles. The number of aryl methyl sites for hydroxylation is 2. The molecule has 0 radical (unpaired) electrons. The minimum atomic E-state index is -3.75. The number of anilines is 2. The monoisotopic (exact) mass is 353 g/mol. The zero-order valence-corrected chi connectivity index (χ0v) is 15.1. The zero-order chi connectivity index (χ0) is 17.7. The fourth-order valence-electron chi connectivity index (χ4n) is 2.22. The number of hydrogen-bond donors (Lipinski definition) is 3. The molecule has 0 saturated carbocycles. The lowest BCUT2D eigenvalue weighted by Gasteiger charge is -2.10. The number of nitrogens with one attached hydrogen (secondary N) is 3. The topological polar surface area (TPSA) is 116 Å². The Morgan fingerprint density at radius 1 is 1.17 bits per heavy atom. The van der Waals surface area contributed by atoms with Crippen molar-refractivity contribution < 1.29 is 8.42 Å². The minimum Gasteiger partial charge on any atom is -0.369 e. The molecule has 132 valence electrons. The number of nitrogens with zero attached hydrogens (tertiary/aromatic N) is 4. The molecule has 0 aliphatic heterocycles. The van der Waals surface area contributed by atoms with Gasteiger partial charge in [-0.25, -0.2) is 8.42 Å². The van der Waals surface area contributed by atoms with Crippen LogP contribution in [0.25, 0.3) is 0 Å². The van der Waals surface area contributed by atoms with Gasteiger partial charge in [0, 0.05) is 6.54 Å². The summed E-state index contributed by atoms with van der Waals surface area (Å²) in [5.41, 5.74) is 0.888. The van der Waals surface area contributed by atoms with Crippen LogP contribution in [0.4, 0.5) is 11.6 Å². The van der Waals surface area contributed by atoms with E-state index < -0.39 is 10.0 Å². The molecule has 3 N–H and O–H groups in total. The fraction of sp³-hybridized carbons (Fsp3) is 0.500. The average molecular weight is 353 g/mol. The van der Waals surface area contributed by atoms with Gasteiger partial charge in [0.05, 0.1) is 11.4 Å². The highest BCUT2D eigenvalue weighted by molar-refractivity contribution is 7.92. The summed E-state index contributed by atoms with van der Waals surface area (Å²) >= 11 is 0. The maximum Gasteiger partial charge on any atom is 0.266 e. The molecule has 0 amide bonds. The highest BCUT2D eigenvalue weighted by Crippen LogP contribution is 2.19. The molecule has 0 spiro atoms. The summed E-state index contributed by atoms with van der Waals surface area (Å²) in [5.74, 6) is 0.765. The predicted molar refractivity (Wildman–Crippen MR) is 92.6 cm³/mol. The molecule has 2 aromatic heterocycles. The van der Waals surface area contributed by atoms with E-state index in [1.54, 1.807) is 26.0 Å². The van der Waals surface area contributed by atoms with Crippen LogP contribution in [0.3, 0.4) is 0 Å². The minimum absolute atomic E-state index is 0.134. The standard InChI is InChI=1S/C14H23N7O2S/c1-10-14(11(2)17-16-10)24(22,23)20-13-7-6-12(18-19-13)15-8-5-9-21(3)4/h6-7H,5,8-9H2,1-4H3,(H,15,18)(H,16,17)(H,19,20). The van der Waals surface area contributed by atoms with Crippen molar-refractivity contribution in [1.82, 2.24) is 25.3 Å². The summed E-state index contributed by atoms with van der Waals surface area (Å²) in [6.07, 6.45) is 0.974. The Bertz CT molecular complexity index is 749. The second kappa shape index (κ2) is 7.58. The molecule has 2 heterocycles. The third-order valence-electron chi connectivity index (χ3n) is 3.32. The van der Waals surface area contributed by atoms with Crippen LogP contribution in [0.15, 0.2) is 17.0 Å². The molecular weight excluding hydrogens is 330 g/mol. The molecule has 10 heteroatoms. The van der Waals surface area contributed by atoms with E-state index in [4.69, 9.17) is 0 Å². The number of H-pyrrole nitrogens is 1. The quantitative estimate of drug-likeness (QED) is 0.606. The Morgan fingerprint density at radius 2 is 1.83 bits per heavy atom. The summed E-state index contributed by atoms with van der Waals surface area (Å²) in [6.45, 7) is 5.03. The van der Waals surface area contributed by atoms with Crippen molar-refractivity contribution in [3.8, 4) is 0 Å². The SMILES string of the molecule is Cc1n[nH]c(C)c1S(=O)(=O)Nc1ccc(NCCCN(C)C)nn1. The van der Waals surface area contributed by atoms with Crippen LogP contribution in [0, 0.1) is 13.8 Å². The lowest BCUT2D eigenvalue weighted by molar-refractivity contribution is 0.405. The zero-order valence-electron chi connectivity index (χ0n) is 14.3. The van der Waals surface area contributed by atoms with Gasteiger partial charge >= 0.3 is 0 Å². The van der Waals surface area contributed by atoms with Crippen molar-refractivity contribution in [3.63, 3.8) is 0 Å². The largest absolute Gasteiger partial charge is 0.369 e. The van der Waals surface area contributed by atoms with Crippen LogP contribution >= 0.6 is 0 Å². The number of aromatic amines is 1. The number of aromatic nitrogens is 4. The van der Waals surface area contributed by atoms with Crippen LogP contribution in [0.5, 0.6) is 0 Å². The van der Waals surface area contributed by atoms with E-state index in [1.807, 2.05) is 14.1 Å². The highest BCUT2D eigenvalue weighted by Gasteiger charge is 2.22. The summed E-state index contributed by atoms with van der Waals surface area (Å²) in [7, 11) is 0.289. The lowest BCUT2D eigenvalue weighted by atomic mass is 10.4. The van der Waals surface area contributed by atoms with Gasteiger partial charge in [-0.2, -0.15) is 5.10 Å². The van der Waals surface area contributed by atoms with Crippen molar-refractivity contribution in [3.05, 3.63) is 23.5 Å². The first-order chi connectivity index (χ1) is 11.3. The van der Waals surface area contributed by atoms with Crippen molar-refractivity contribution in [2.45, 2.75) is 25.2 Å². The maximum atomic E-state index is 12.4. The Balaban J connectivity index is 1.99. The summed E-state index contributed by atoms with van der Waals surface area (Å²) in [5, 5.41) is 17.6. The second-order valence-electron chi connectivity index (χ2n) is 5.76. The van der Waals surface area contributed by atoms with Gasteiger partial charge in [0.1, 0.15) is 10.7 Å². The van der Waals surface area contributed by atoms with Gasteiger partial charge in [-0.15, -0.1) is 10.2 Å². The van der Waals surface area contributed by atoms with E-state index in [2.05, 4.69) is 35.3 Å². The fourth-order valence-corrected chi connectivity index (χ4v) is 3.59. The van der Waals surface area contributed by atoms with Crippen LogP contribution in [-0.2, 0) is 10.0 Å². The summed E-state index contributed by atoms with van der Waals surface area (Å²) in [6, 6.07) is 3.26. The molecule has 9 nitrogen and oxygen atoms in total. The first kappa shape index (κ1) is 18.1. The molecule has 0 aliphatic carbocycles. The van der Waals surface area contributed by atoms with Gasteiger partial charge < -0.3 is 10.2 Å². The van der Waals surface area contributed by atoms with Crippen LogP contribution in [0.1, 0.15) is 17.8 Å². The number of hydrogen-bond acceptors (Lipinski definition) is 7. The van der Waals surface area contributed by atoms with E-state index in [-0.39, 0.29) is 10.7 Å². The lowest BCUT2D eigenvalue weighted by Crippen LogP contribution is -2.17. The second-order valence-corrected chi connectivity index (χ2v) is 7.38. The van der Waals surface area contributed by atoms with E-state index in [9.17, 15) is 8.42 Å². The Hall–Kier alpha value is -2.20. The number of rotatable bonds is 8. The molecule has 0 atom stereocenters. The first-order valence-electron chi connectivity index (χ1n) is 7.56. The first-order valence-corrected chi connectivity index (χ1v) is 9.04. The average Bonchev–Trinajstić information content (AvgIpc) is 2.84. The molecule has 0 fully saturated rings. The van der Waals surface area contributed by atoms with Crippen molar-refractivity contribution in [2.24, 2.45) is 0 Å². The number of sulfonamides is 1. The van der Waals surface area contributed by atoms with Gasteiger partial charge in [0.2, 0.25) is 0 Å². The van der Waals surface area contributed by atoms with Crippen molar-refractivity contribution >= 4 is 21.7 Å². The van der Waals surface area contributed by atoms with E-state index in [1.165, 1.54) is 0 Å². The molecular formula is C14H23N7O2S. The van der Waals surface area contributed by atoms with E-state index in [0.29, 0.717) is 17.2 Å². The molecule has 0 aromatic carbocycles. The normalized spacial score (nSPS) is 11.7. The smallest absolute Gasteiger partial charge is 0.266 e. The van der Waals surface area contributed by atoms with E-state index in [0.717, 1.165) is 19.5 Å². The third-order valence-corrected chi connectivity index (χ3v) is 4.94. The molecule has 0 bridgehead atoms. The van der Waals surface area contributed by atoms with Crippen molar-refractivity contribution in [2.75, 3.05) is 37.2 Å². The van der Waals surface area contributed by atoms with Crippen LogP contribution in [-0.4, -0.2) is 60.9 Å². The molecule has 0 aliphatic rings. The van der Waals surface area contributed by atoms with Gasteiger partial charge in [0.15, 0.2) is 5.82 Å². The molecule has 0 unspecified atom stereocenters.